The van der Waals surface area contributed by atoms with Gasteiger partial charge in [-0.1, -0.05) is 73.2 Å². The first-order valence-electron chi connectivity index (χ1n) is 11.7. The molecule has 178 valence electrons. The van der Waals surface area contributed by atoms with E-state index >= 15 is 0 Å². The monoisotopic (exact) mass is 477 g/mol. The first kappa shape index (κ1) is 24.1. The average molecular weight is 478 g/mol. The highest BCUT2D eigenvalue weighted by molar-refractivity contribution is 7.89. The zero-order chi connectivity index (χ0) is 24.0. The van der Waals surface area contributed by atoms with Gasteiger partial charge in [0.15, 0.2) is 0 Å². The molecule has 1 aliphatic heterocycles. The minimum absolute atomic E-state index is 0.158. The number of piperidine rings is 1. The number of carbonyl (C=O) groups excluding carboxylic acids is 1. The van der Waals surface area contributed by atoms with E-state index in [0.717, 1.165) is 30.4 Å². The third-order valence-corrected chi connectivity index (χ3v) is 8.02. The molecule has 3 aromatic carbocycles. The van der Waals surface area contributed by atoms with Gasteiger partial charge >= 0.3 is 0 Å². The van der Waals surface area contributed by atoms with Crippen LogP contribution in [-0.2, 0) is 14.8 Å². The Kier molecular flexibility index (Phi) is 7.77. The summed E-state index contributed by atoms with van der Waals surface area (Å²) in [4.78, 5) is 13.2. The molecule has 2 N–H and O–H groups in total. The molecule has 0 spiro atoms. The van der Waals surface area contributed by atoms with Gasteiger partial charge in [-0.05, 0) is 49.1 Å². The van der Waals surface area contributed by atoms with Crippen molar-refractivity contribution in [1.82, 2.24) is 9.62 Å². The highest BCUT2D eigenvalue weighted by Crippen LogP contribution is 2.24. The summed E-state index contributed by atoms with van der Waals surface area (Å²) in [5, 5.41) is 6.31. The maximum atomic E-state index is 13.0. The number of nitrogens with zero attached hydrogens (tertiary/aromatic N) is 1. The number of hydrogen-bond acceptors (Lipinski definition) is 4. The molecule has 6 nitrogen and oxygen atoms in total. The molecule has 1 amide bonds. The average Bonchev–Trinajstić information content (AvgIpc) is 2.89. The van der Waals surface area contributed by atoms with Crippen LogP contribution in [0.2, 0.25) is 0 Å². The first-order chi connectivity index (χ1) is 16.4. The van der Waals surface area contributed by atoms with Crippen molar-refractivity contribution in [2.45, 2.75) is 43.2 Å². The molecule has 1 heterocycles. The number of amides is 1. The quantitative estimate of drug-likeness (QED) is 0.498. The van der Waals surface area contributed by atoms with Gasteiger partial charge in [0, 0.05) is 18.8 Å². The highest BCUT2D eigenvalue weighted by atomic mass is 32.2. The number of anilines is 1. The Morgan fingerprint density at radius 3 is 2.00 bits per heavy atom. The molecule has 0 aromatic heterocycles. The van der Waals surface area contributed by atoms with Gasteiger partial charge in [0.2, 0.25) is 15.9 Å². The van der Waals surface area contributed by atoms with Crippen molar-refractivity contribution < 1.29 is 13.2 Å². The van der Waals surface area contributed by atoms with Crippen LogP contribution in [0, 0.1) is 0 Å². The maximum Gasteiger partial charge on any atom is 0.243 e. The van der Waals surface area contributed by atoms with E-state index in [-0.39, 0.29) is 16.8 Å². The SMILES string of the molecule is CC(NC(c1ccccc1)c1ccccc1)C(=O)Nc1cccc(S(=O)(=O)N2CCCCC2)c1. The lowest BCUT2D eigenvalue weighted by Crippen LogP contribution is -2.40. The number of carbonyl (C=O) groups is 1. The predicted octanol–water partition coefficient (Wildman–Crippen LogP) is 4.57. The fourth-order valence-electron chi connectivity index (χ4n) is 4.24. The molecule has 0 radical (unpaired) electrons. The van der Waals surface area contributed by atoms with Crippen LogP contribution in [0.4, 0.5) is 5.69 Å². The summed E-state index contributed by atoms with van der Waals surface area (Å²) in [6.07, 6.45) is 2.81. The van der Waals surface area contributed by atoms with Crippen LogP contribution >= 0.6 is 0 Å². The largest absolute Gasteiger partial charge is 0.325 e. The van der Waals surface area contributed by atoms with E-state index in [1.165, 1.54) is 4.31 Å². The summed E-state index contributed by atoms with van der Waals surface area (Å²) in [7, 11) is -3.57. The van der Waals surface area contributed by atoms with E-state index < -0.39 is 16.1 Å². The highest BCUT2D eigenvalue weighted by Gasteiger charge is 2.26. The zero-order valence-corrected chi connectivity index (χ0v) is 20.2. The lowest BCUT2D eigenvalue weighted by atomic mass is 9.98. The van der Waals surface area contributed by atoms with Crippen LogP contribution in [0.15, 0.2) is 89.8 Å². The molecule has 1 atom stereocenters. The molecular formula is C27H31N3O3S. The molecule has 1 fully saturated rings. The van der Waals surface area contributed by atoms with Crippen molar-refractivity contribution in [2.24, 2.45) is 0 Å². The van der Waals surface area contributed by atoms with Crippen LogP contribution in [0.1, 0.15) is 43.4 Å². The molecule has 4 rings (SSSR count). The van der Waals surface area contributed by atoms with Crippen molar-refractivity contribution in [3.63, 3.8) is 0 Å². The number of benzene rings is 3. The van der Waals surface area contributed by atoms with E-state index in [2.05, 4.69) is 10.6 Å². The number of hydrogen-bond donors (Lipinski definition) is 2. The van der Waals surface area contributed by atoms with Crippen LogP contribution in [0.3, 0.4) is 0 Å². The smallest absolute Gasteiger partial charge is 0.243 e. The van der Waals surface area contributed by atoms with E-state index in [9.17, 15) is 13.2 Å². The van der Waals surface area contributed by atoms with Crippen molar-refractivity contribution in [1.29, 1.82) is 0 Å². The molecule has 0 saturated carbocycles. The van der Waals surface area contributed by atoms with Gasteiger partial charge in [-0.2, -0.15) is 4.31 Å². The minimum Gasteiger partial charge on any atom is -0.325 e. The first-order valence-corrected chi connectivity index (χ1v) is 13.2. The van der Waals surface area contributed by atoms with Gasteiger partial charge < -0.3 is 5.32 Å². The molecule has 0 aliphatic carbocycles. The Hall–Kier alpha value is -3.00. The lowest BCUT2D eigenvalue weighted by Gasteiger charge is -2.26. The van der Waals surface area contributed by atoms with E-state index in [0.29, 0.717) is 18.8 Å². The third kappa shape index (κ3) is 5.73. The lowest BCUT2D eigenvalue weighted by molar-refractivity contribution is -0.117. The summed E-state index contributed by atoms with van der Waals surface area (Å²) in [6, 6.07) is 25.8. The predicted molar refractivity (Wildman–Crippen MR) is 135 cm³/mol. The summed E-state index contributed by atoms with van der Waals surface area (Å²) in [6.45, 7) is 2.89. The minimum atomic E-state index is -3.57. The van der Waals surface area contributed by atoms with Crippen molar-refractivity contribution in [3.05, 3.63) is 96.1 Å². The van der Waals surface area contributed by atoms with Gasteiger partial charge in [0.25, 0.3) is 0 Å². The van der Waals surface area contributed by atoms with Crippen molar-refractivity contribution in [2.75, 3.05) is 18.4 Å². The summed E-state index contributed by atoms with van der Waals surface area (Å²) in [5.74, 6) is -0.232. The van der Waals surface area contributed by atoms with Crippen molar-refractivity contribution >= 4 is 21.6 Å². The Morgan fingerprint density at radius 1 is 0.824 bits per heavy atom. The van der Waals surface area contributed by atoms with Gasteiger partial charge in [-0.15, -0.1) is 0 Å². The summed E-state index contributed by atoms with van der Waals surface area (Å²) < 4.78 is 27.6. The van der Waals surface area contributed by atoms with Gasteiger partial charge in [-0.3, -0.25) is 10.1 Å². The topological polar surface area (TPSA) is 78.5 Å². The molecule has 1 saturated heterocycles. The summed E-state index contributed by atoms with van der Waals surface area (Å²) in [5.41, 5.74) is 2.58. The van der Waals surface area contributed by atoms with Gasteiger partial charge in [-0.25, -0.2) is 8.42 Å². The van der Waals surface area contributed by atoms with Crippen LogP contribution in [-0.4, -0.2) is 37.8 Å². The van der Waals surface area contributed by atoms with E-state index in [1.54, 1.807) is 24.3 Å². The molecule has 3 aromatic rings. The second-order valence-electron chi connectivity index (χ2n) is 8.62. The Balaban J connectivity index is 1.48. The van der Waals surface area contributed by atoms with E-state index in [1.807, 2.05) is 67.6 Å². The second-order valence-corrected chi connectivity index (χ2v) is 10.6. The van der Waals surface area contributed by atoms with E-state index in [4.69, 9.17) is 0 Å². The molecule has 34 heavy (non-hydrogen) atoms. The Morgan fingerprint density at radius 2 is 1.41 bits per heavy atom. The van der Waals surface area contributed by atoms with Gasteiger partial charge in [0.05, 0.1) is 17.0 Å². The number of sulfonamides is 1. The second kappa shape index (κ2) is 11.0. The molecule has 1 aliphatic rings. The maximum absolute atomic E-state index is 13.0. The summed E-state index contributed by atoms with van der Waals surface area (Å²) >= 11 is 0. The van der Waals surface area contributed by atoms with Crippen LogP contribution in [0.5, 0.6) is 0 Å². The van der Waals surface area contributed by atoms with Crippen molar-refractivity contribution in [3.8, 4) is 0 Å². The number of rotatable bonds is 8. The normalized spacial score (nSPS) is 15.7. The number of nitrogens with one attached hydrogen (secondary N) is 2. The fourth-order valence-corrected chi connectivity index (χ4v) is 5.80. The fraction of sp³-hybridized carbons (Fsp3) is 0.296. The zero-order valence-electron chi connectivity index (χ0n) is 19.4. The molecule has 7 heteroatoms. The molecule has 0 bridgehead atoms. The standard InChI is InChI=1S/C27H31N3O3S/c1-21(28-26(22-12-5-2-6-13-22)23-14-7-3-8-15-23)27(31)29-24-16-11-17-25(20-24)34(32,33)30-18-9-4-10-19-30/h2-3,5-8,11-17,20-21,26,28H,4,9-10,18-19H2,1H3,(H,29,31). The molecule has 1 unspecified atom stereocenters. The van der Waals surface area contributed by atoms with Crippen LogP contribution < -0.4 is 10.6 Å². The Bertz CT molecular complexity index is 1150. The van der Waals surface area contributed by atoms with Crippen LogP contribution in [0.25, 0.3) is 0 Å². The molecular weight excluding hydrogens is 446 g/mol. The van der Waals surface area contributed by atoms with Gasteiger partial charge in [0.1, 0.15) is 0 Å². The Labute approximate surface area is 202 Å². The third-order valence-electron chi connectivity index (χ3n) is 6.13.